The van der Waals surface area contributed by atoms with Gasteiger partial charge < -0.3 is 19.4 Å². The molecule has 0 spiro atoms. The normalized spacial score (nSPS) is 20.7. The number of carbonyl (C=O) groups is 2. The number of ether oxygens (including phenoxy) is 1. The van der Waals surface area contributed by atoms with Crippen LogP contribution in [0.3, 0.4) is 0 Å². The average Bonchev–Trinajstić information content (AvgIpc) is 3.22. The summed E-state index contributed by atoms with van der Waals surface area (Å²) < 4.78 is 11.7. The molecule has 5 rings (SSSR count). The Labute approximate surface area is 187 Å². The Morgan fingerprint density at radius 1 is 1.16 bits per heavy atom. The zero-order chi connectivity index (χ0) is 22.1. The standard InChI is InChI=1S/C25H29N3O4/c1-28-11-8-17(9-12-28)26-10-13-31-18-3-4-19-16(14-18)2-6-22-24(19)21(15-32-22)20-5-7-23(29)27-25(20)30/h2-4,6,14-15,17,20,26H,5,7-13H2,1H3,(H,27,29,30)/t20-/m0/s1. The molecule has 2 aliphatic heterocycles. The quantitative estimate of drug-likeness (QED) is 0.457. The van der Waals surface area contributed by atoms with Crippen LogP contribution in [0.15, 0.2) is 41.0 Å². The zero-order valence-corrected chi connectivity index (χ0v) is 18.4. The summed E-state index contributed by atoms with van der Waals surface area (Å²) in [5.41, 5.74) is 1.58. The van der Waals surface area contributed by atoms with Gasteiger partial charge in [0.05, 0.1) is 12.2 Å². The first-order chi connectivity index (χ1) is 15.6. The van der Waals surface area contributed by atoms with Gasteiger partial charge in [-0.25, -0.2) is 0 Å². The minimum Gasteiger partial charge on any atom is -0.492 e. The number of rotatable bonds is 6. The Kier molecular flexibility index (Phi) is 5.85. The van der Waals surface area contributed by atoms with E-state index in [-0.39, 0.29) is 17.7 Å². The van der Waals surface area contributed by atoms with E-state index in [1.807, 2.05) is 30.3 Å². The number of hydrogen-bond donors (Lipinski definition) is 2. The number of benzene rings is 2. The third kappa shape index (κ3) is 4.23. The van der Waals surface area contributed by atoms with Gasteiger partial charge in [0.1, 0.15) is 17.9 Å². The lowest BCUT2D eigenvalue weighted by Crippen LogP contribution is -2.42. The fourth-order valence-corrected chi connectivity index (χ4v) is 4.85. The van der Waals surface area contributed by atoms with Crippen LogP contribution in [0.4, 0.5) is 0 Å². The Morgan fingerprint density at radius 3 is 2.81 bits per heavy atom. The van der Waals surface area contributed by atoms with Gasteiger partial charge in [-0.1, -0.05) is 6.07 Å². The fourth-order valence-electron chi connectivity index (χ4n) is 4.85. The molecule has 1 aromatic heterocycles. The number of furan rings is 1. The number of nitrogens with zero attached hydrogens (tertiary/aromatic N) is 1. The minimum atomic E-state index is -0.374. The Morgan fingerprint density at radius 2 is 2.00 bits per heavy atom. The highest BCUT2D eigenvalue weighted by Crippen LogP contribution is 2.37. The molecular weight excluding hydrogens is 406 g/mol. The van der Waals surface area contributed by atoms with Crippen LogP contribution in [0.1, 0.15) is 37.2 Å². The molecule has 0 unspecified atom stereocenters. The van der Waals surface area contributed by atoms with E-state index >= 15 is 0 Å². The third-order valence-corrected chi connectivity index (χ3v) is 6.69. The van der Waals surface area contributed by atoms with Gasteiger partial charge in [0.15, 0.2) is 0 Å². The molecule has 7 heteroatoms. The van der Waals surface area contributed by atoms with Crippen LogP contribution >= 0.6 is 0 Å². The molecule has 2 saturated heterocycles. The molecule has 1 atom stereocenters. The Balaban J connectivity index is 1.30. The van der Waals surface area contributed by atoms with E-state index in [1.54, 1.807) is 6.26 Å². The first kappa shape index (κ1) is 21.0. The first-order valence-electron chi connectivity index (χ1n) is 11.4. The van der Waals surface area contributed by atoms with Crippen molar-refractivity contribution < 1.29 is 18.7 Å². The molecule has 2 aromatic carbocycles. The van der Waals surface area contributed by atoms with E-state index in [9.17, 15) is 9.59 Å². The number of fused-ring (bicyclic) bond motifs is 3. The molecule has 3 heterocycles. The third-order valence-electron chi connectivity index (χ3n) is 6.69. The van der Waals surface area contributed by atoms with Crippen LogP contribution in [0.5, 0.6) is 5.75 Å². The number of imide groups is 1. The molecule has 0 aliphatic carbocycles. The largest absolute Gasteiger partial charge is 0.492 e. The molecule has 32 heavy (non-hydrogen) atoms. The second-order valence-corrected chi connectivity index (χ2v) is 8.90. The van der Waals surface area contributed by atoms with Gasteiger partial charge in [0.2, 0.25) is 11.8 Å². The van der Waals surface area contributed by atoms with Gasteiger partial charge in [-0.15, -0.1) is 0 Å². The van der Waals surface area contributed by atoms with Crippen molar-refractivity contribution in [2.24, 2.45) is 0 Å². The van der Waals surface area contributed by atoms with Gasteiger partial charge >= 0.3 is 0 Å². The van der Waals surface area contributed by atoms with E-state index in [2.05, 4.69) is 22.6 Å². The molecule has 2 aliphatic rings. The van der Waals surface area contributed by atoms with E-state index < -0.39 is 0 Å². The summed E-state index contributed by atoms with van der Waals surface area (Å²) in [4.78, 5) is 26.3. The second kappa shape index (κ2) is 8.92. The lowest BCUT2D eigenvalue weighted by molar-refractivity contribution is -0.134. The summed E-state index contributed by atoms with van der Waals surface area (Å²) in [6.07, 6.45) is 4.87. The summed E-state index contributed by atoms with van der Waals surface area (Å²) in [5, 5.41) is 9.04. The van der Waals surface area contributed by atoms with Crippen molar-refractivity contribution in [3.63, 3.8) is 0 Å². The minimum absolute atomic E-state index is 0.212. The molecule has 0 bridgehead atoms. The SMILES string of the molecule is CN1CCC(NCCOc2ccc3c(ccc4occ([C@@H]5CCC(=O)NC5=O)c43)c2)CC1. The van der Waals surface area contributed by atoms with Crippen molar-refractivity contribution in [1.29, 1.82) is 0 Å². The molecular formula is C25H29N3O4. The van der Waals surface area contributed by atoms with Crippen LogP contribution in [0, 0.1) is 0 Å². The lowest BCUT2D eigenvalue weighted by Gasteiger charge is -2.29. The molecule has 7 nitrogen and oxygen atoms in total. The average molecular weight is 436 g/mol. The van der Waals surface area contributed by atoms with Crippen LogP contribution in [0.2, 0.25) is 0 Å². The van der Waals surface area contributed by atoms with Crippen molar-refractivity contribution in [2.75, 3.05) is 33.3 Å². The molecule has 0 radical (unpaired) electrons. The number of piperidine rings is 2. The maximum atomic E-state index is 12.4. The summed E-state index contributed by atoms with van der Waals surface area (Å²) in [6, 6.07) is 10.6. The van der Waals surface area contributed by atoms with Gasteiger partial charge in [-0.3, -0.25) is 14.9 Å². The highest BCUT2D eigenvalue weighted by atomic mass is 16.5. The van der Waals surface area contributed by atoms with E-state index in [0.717, 1.165) is 52.7 Å². The van der Waals surface area contributed by atoms with Gasteiger partial charge in [0.25, 0.3) is 0 Å². The number of hydrogen-bond acceptors (Lipinski definition) is 6. The summed E-state index contributed by atoms with van der Waals surface area (Å²) in [6.45, 7) is 3.74. The van der Waals surface area contributed by atoms with E-state index in [0.29, 0.717) is 25.5 Å². The van der Waals surface area contributed by atoms with Crippen molar-refractivity contribution >= 4 is 33.6 Å². The molecule has 168 valence electrons. The Bertz CT molecular complexity index is 1150. The predicted molar refractivity (Wildman–Crippen MR) is 123 cm³/mol. The number of nitrogens with one attached hydrogen (secondary N) is 2. The van der Waals surface area contributed by atoms with Gasteiger partial charge in [-0.05, 0) is 74.4 Å². The smallest absolute Gasteiger partial charge is 0.234 e. The maximum absolute atomic E-state index is 12.4. The van der Waals surface area contributed by atoms with Crippen LogP contribution < -0.4 is 15.4 Å². The number of carbonyl (C=O) groups excluding carboxylic acids is 2. The first-order valence-corrected chi connectivity index (χ1v) is 11.4. The van der Waals surface area contributed by atoms with Gasteiger partial charge in [0, 0.05) is 30.0 Å². The highest BCUT2D eigenvalue weighted by Gasteiger charge is 2.31. The van der Waals surface area contributed by atoms with E-state index in [1.165, 1.54) is 12.8 Å². The monoisotopic (exact) mass is 435 g/mol. The molecule has 2 fully saturated rings. The van der Waals surface area contributed by atoms with Crippen LogP contribution in [0.25, 0.3) is 21.7 Å². The maximum Gasteiger partial charge on any atom is 0.234 e. The van der Waals surface area contributed by atoms with Crippen LogP contribution in [-0.2, 0) is 9.59 Å². The summed E-state index contributed by atoms with van der Waals surface area (Å²) in [5.74, 6) is -0.0109. The lowest BCUT2D eigenvalue weighted by atomic mass is 9.89. The zero-order valence-electron chi connectivity index (χ0n) is 18.4. The van der Waals surface area contributed by atoms with Gasteiger partial charge in [-0.2, -0.15) is 0 Å². The highest BCUT2D eigenvalue weighted by molar-refractivity contribution is 6.10. The Hall–Kier alpha value is -2.90. The van der Waals surface area contributed by atoms with Crippen molar-refractivity contribution in [3.8, 4) is 5.75 Å². The van der Waals surface area contributed by atoms with Crippen molar-refractivity contribution in [2.45, 2.75) is 37.6 Å². The van der Waals surface area contributed by atoms with Crippen molar-refractivity contribution in [1.82, 2.24) is 15.5 Å². The molecule has 3 aromatic rings. The summed E-state index contributed by atoms with van der Waals surface area (Å²) >= 11 is 0. The topological polar surface area (TPSA) is 83.8 Å². The second-order valence-electron chi connectivity index (χ2n) is 8.90. The van der Waals surface area contributed by atoms with E-state index in [4.69, 9.17) is 9.15 Å². The van der Waals surface area contributed by atoms with Crippen LogP contribution in [-0.4, -0.2) is 56.0 Å². The predicted octanol–water partition coefficient (Wildman–Crippen LogP) is 3.17. The molecule has 2 N–H and O–H groups in total. The summed E-state index contributed by atoms with van der Waals surface area (Å²) in [7, 11) is 2.17. The molecule has 0 saturated carbocycles. The van der Waals surface area contributed by atoms with Crippen molar-refractivity contribution in [3.05, 3.63) is 42.2 Å². The number of likely N-dealkylation sites (tertiary alicyclic amines) is 1. The molecule has 2 amide bonds. The number of amides is 2. The fraction of sp³-hybridized carbons (Fsp3) is 0.440.